The highest BCUT2D eigenvalue weighted by atomic mass is 19.4. The van der Waals surface area contributed by atoms with Crippen molar-refractivity contribution in [1.29, 1.82) is 0 Å². The lowest BCUT2D eigenvalue weighted by Gasteiger charge is -2.02. The summed E-state index contributed by atoms with van der Waals surface area (Å²) in [4.78, 5) is 4.04. The maximum Gasteiger partial charge on any atom is 0.419 e. The van der Waals surface area contributed by atoms with Gasteiger partial charge in [-0.2, -0.15) is 23.4 Å². The van der Waals surface area contributed by atoms with Crippen molar-refractivity contribution in [2.75, 3.05) is 0 Å². The number of alkyl halides is 3. The quantitative estimate of drug-likeness (QED) is 0.564. The van der Waals surface area contributed by atoms with Crippen molar-refractivity contribution >= 4 is 10.9 Å². The Kier molecular flexibility index (Phi) is 3.12. The fourth-order valence-corrected chi connectivity index (χ4v) is 2.39. The third-order valence-corrected chi connectivity index (χ3v) is 3.57. The number of hydrogen-bond acceptors (Lipinski definition) is 3. The SMILES string of the molecule is FC(F)(F)c1cnn(-c2ccc3nn(-c4cccnc4)cc3c2)c1. The molecular formula is C16H10F3N5. The summed E-state index contributed by atoms with van der Waals surface area (Å²) < 4.78 is 40.9. The van der Waals surface area contributed by atoms with Crippen molar-refractivity contribution in [2.45, 2.75) is 6.18 Å². The minimum absolute atomic E-state index is 0.531. The van der Waals surface area contributed by atoms with E-state index in [1.807, 2.05) is 6.07 Å². The average Bonchev–Trinajstić information content (AvgIpc) is 3.21. The Balaban J connectivity index is 1.75. The van der Waals surface area contributed by atoms with E-state index >= 15 is 0 Å². The van der Waals surface area contributed by atoms with Gasteiger partial charge in [-0.05, 0) is 30.3 Å². The van der Waals surface area contributed by atoms with Crippen LogP contribution in [0.25, 0.3) is 22.3 Å². The van der Waals surface area contributed by atoms with Gasteiger partial charge in [0.25, 0.3) is 0 Å². The maximum absolute atomic E-state index is 12.7. The second kappa shape index (κ2) is 5.19. The second-order valence-corrected chi connectivity index (χ2v) is 5.20. The van der Waals surface area contributed by atoms with Crippen LogP contribution in [0.1, 0.15) is 5.56 Å². The molecule has 8 heteroatoms. The molecule has 5 nitrogen and oxygen atoms in total. The maximum atomic E-state index is 12.7. The third-order valence-electron chi connectivity index (χ3n) is 3.57. The smallest absolute Gasteiger partial charge is 0.262 e. The van der Waals surface area contributed by atoms with E-state index in [-0.39, 0.29) is 0 Å². The number of benzene rings is 1. The van der Waals surface area contributed by atoms with Crippen LogP contribution in [0.4, 0.5) is 13.2 Å². The molecule has 0 aliphatic rings. The van der Waals surface area contributed by atoms with E-state index < -0.39 is 11.7 Å². The fraction of sp³-hybridized carbons (Fsp3) is 0.0625. The zero-order valence-corrected chi connectivity index (χ0v) is 12.1. The summed E-state index contributed by atoms with van der Waals surface area (Å²) in [5, 5.41) is 9.01. The second-order valence-electron chi connectivity index (χ2n) is 5.20. The third kappa shape index (κ3) is 2.51. The van der Waals surface area contributed by atoms with Crippen molar-refractivity contribution in [3.8, 4) is 11.4 Å². The standard InChI is InChI=1S/C16H10F3N5/c17-16(18,19)12-7-21-23(10-12)13-3-4-15-11(6-13)9-24(22-15)14-2-1-5-20-8-14/h1-10H. The van der Waals surface area contributed by atoms with Crippen LogP contribution < -0.4 is 0 Å². The Morgan fingerprint density at radius 1 is 0.917 bits per heavy atom. The predicted molar refractivity (Wildman–Crippen MR) is 81.0 cm³/mol. The molecule has 0 aliphatic carbocycles. The first-order chi connectivity index (χ1) is 11.5. The highest BCUT2D eigenvalue weighted by Gasteiger charge is 2.32. The van der Waals surface area contributed by atoms with Gasteiger partial charge in [-0.15, -0.1) is 0 Å². The monoisotopic (exact) mass is 329 g/mol. The van der Waals surface area contributed by atoms with Crippen LogP contribution in [-0.4, -0.2) is 24.5 Å². The number of fused-ring (bicyclic) bond motifs is 1. The van der Waals surface area contributed by atoms with Crippen LogP contribution in [-0.2, 0) is 6.18 Å². The molecule has 1 aromatic carbocycles. The lowest BCUT2D eigenvalue weighted by molar-refractivity contribution is -0.137. The summed E-state index contributed by atoms with van der Waals surface area (Å²) in [6.07, 6.45) is 2.50. The van der Waals surface area contributed by atoms with E-state index in [0.29, 0.717) is 5.69 Å². The van der Waals surface area contributed by atoms with Crippen molar-refractivity contribution in [3.05, 3.63) is 66.9 Å². The van der Waals surface area contributed by atoms with Crippen LogP contribution in [0.3, 0.4) is 0 Å². The molecule has 0 N–H and O–H groups in total. The van der Waals surface area contributed by atoms with Gasteiger partial charge >= 0.3 is 6.18 Å². The molecule has 0 atom stereocenters. The van der Waals surface area contributed by atoms with E-state index in [1.54, 1.807) is 47.5 Å². The first-order valence-electron chi connectivity index (χ1n) is 7.03. The van der Waals surface area contributed by atoms with Gasteiger partial charge < -0.3 is 0 Å². The van der Waals surface area contributed by atoms with Gasteiger partial charge in [0.2, 0.25) is 0 Å². The number of aromatic nitrogens is 5. The number of rotatable bonds is 2. The minimum Gasteiger partial charge on any atom is -0.262 e. The van der Waals surface area contributed by atoms with Crippen LogP contribution in [0, 0.1) is 0 Å². The van der Waals surface area contributed by atoms with Crippen molar-refractivity contribution < 1.29 is 13.2 Å². The van der Waals surface area contributed by atoms with Gasteiger partial charge in [-0.3, -0.25) is 4.98 Å². The zero-order chi connectivity index (χ0) is 16.7. The van der Waals surface area contributed by atoms with E-state index in [2.05, 4.69) is 15.2 Å². The zero-order valence-electron chi connectivity index (χ0n) is 12.1. The highest BCUT2D eigenvalue weighted by molar-refractivity contribution is 5.80. The Morgan fingerprint density at radius 2 is 1.79 bits per heavy atom. The van der Waals surface area contributed by atoms with Crippen LogP contribution >= 0.6 is 0 Å². The van der Waals surface area contributed by atoms with Gasteiger partial charge in [-0.1, -0.05) is 0 Å². The Hall–Kier alpha value is -3.16. The predicted octanol–water partition coefficient (Wildman–Crippen LogP) is 3.63. The summed E-state index contributed by atoms with van der Waals surface area (Å²) in [5.74, 6) is 0. The van der Waals surface area contributed by atoms with Gasteiger partial charge in [-0.25, -0.2) is 9.36 Å². The summed E-state index contributed by atoms with van der Waals surface area (Å²) in [7, 11) is 0. The molecule has 0 fully saturated rings. The number of hydrogen-bond donors (Lipinski definition) is 0. The van der Waals surface area contributed by atoms with Crippen LogP contribution in [0.15, 0.2) is 61.3 Å². The molecule has 0 saturated carbocycles. The number of pyridine rings is 1. The molecule has 0 radical (unpaired) electrons. The molecule has 3 heterocycles. The van der Waals surface area contributed by atoms with Crippen molar-refractivity contribution in [3.63, 3.8) is 0 Å². The van der Waals surface area contributed by atoms with E-state index in [0.717, 1.165) is 29.0 Å². The van der Waals surface area contributed by atoms with Crippen LogP contribution in [0.2, 0.25) is 0 Å². The minimum atomic E-state index is -4.41. The van der Waals surface area contributed by atoms with E-state index in [4.69, 9.17) is 0 Å². The molecule has 3 aromatic heterocycles. The normalized spacial score (nSPS) is 12.0. The van der Waals surface area contributed by atoms with Crippen molar-refractivity contribution in [1.82, 2.24) is 24.5 Å². The largest absolute Gasteiger partial charge is 0.419 e. The molecule has 4 rings (SSSR count). The lowest BCUT2D eigenvalue weighted by atomic mass is 10.2. The first-order valence-corrected chi connectivity index (χ1v) is 7.03. The summed E-state index contributed by atoms with van der Waals surface area (Å²) in [6, 6.07) is 8.82. The molecule has 0 saturated heterocycles. The summed E-state index contributed by atoms with van der Waals surface area (Å²) in [5.41, 5.74) is 1.27. The molecule has 4 aromatic rings. The number of halogens is 3. The van der Waals surface area contributed by atoms with Gasteiger partial charge in [0.15, 0.2) is 0 Å². The van der Waals surface area contributed by atoms with E-state index in [1.165, 1.54) is 4.68 Å². The molecule has 0 aliphatic heterocycles. The Labute approximate surface area is 134 Å². The Bertz CT molecular complexity index is 1000. The fourth-order valence-electron chi connectivity index (χ4n) is 2.39. The average molecular weight is 329 g/mol. The molecular weight excluding hydrogens is 319 g/mol. The Morgan fingerprint density at radius 3 is 2.50 bits per heavy atom. The van der Waals surface area contributed by atoms with Gasteiger partial charge in [0.05, 0.1) is 34.8 Å². The summed E-state index contributed by atoms with van der Waals surface area (Å²) in [6.45, 7) is 0. The molecule has 120 valence electrons. The van der Waals surface area contributed by atoms with E-state index in [9.17, 15) is 13.2 Å². The lowest BCUT2D eigenvalue weighted by Crippen LogP contribution is -2.02. The molecule has 0 bridgehead atoms. The summed E-state index contributed by atoms with van der Waals surface area (Å²) >= 11 is 0. The number of nitrogens with zero attached hydrogens (tertiary/aromatic N) is 5. The van der Waals surface area contributed by atoms with Gasteiger partial charge in [0, 0.05) is 24.0 Å². The van der Waals surface area contributed by atoms with Gasteiger partial charge in [0.1, 0.15) is 0 Å². The van der Waals surface area contributed by atoms with Crippen molar-refractivity contribution in [2.24, 2.45) is 0 Å². The molecule has 0 amide bonds. The molecule has 0 spiro atoms. The topological polar surface area (TPSA) is 48.5 Å². The van der Waals surface area contributed by atoms with Crippen LogP contribution in [0.5, 0.6) is 0 Å². The highest BCUT2D eigenvalue weighted by Crippen LogP contribution is 2.29. The molecule has 0 unspecified atom stereocenters. The molecule has 24 heavy (non-hydrogen) atoms. The first kappa shape index (κ1) is 14.4.